The summed E-state index contributed by atoms with van der Waals surface area (Å²) in [5, 5.41) is 4.39. The molecule has 26 heavy (non-hydrogen) atoms. The third kappa shape index (κ3) is 3.04. The summed E-state index contributed by atoms with van der Waals surface area (Å²) >= 11 is 4.81. The van der Waals surface area contributed by atoms with Gasteiger partial charge in [-0.15, -0.1) is 5.10 Å². The van der Waals surface area contributed by atoms with E-state index in [4.69, 9.17) is 4.74 Å². The molecule has 2 aromatic carbocycles. The highest BCUT2D eigenvalue weighted by Gasteiger charge is 2.14. The van der Waals surface area contributed by atoms with Gasteiger partial charge >= 0.3 is 0 Å². The van der Waals surface area contributed by atoms with Crippen molar-refractivity contribution in [1.29, 1.82) is 0 Å². The predicted molar refractivity (Wildman–Crippen MR) is 107 cm³/mol. The first kappa shape index (κ1) is 16.9. The molecule has 0 radical (unpaired) electrons. The van der Waals surface area contributed by atoms with Crippen molar-refractivity contribution in [3.05, 3.63) is 73.5 Å². The molecule has 0 N–H and O–H groups in total. The Bertz CT molecular complexity index is 1200. The van der Waals surface area contributed by atoms with Crippen LogP contribution in [0.15, 0.2) is 57.8 Å². The first-order valence-corrected chi connectivity index (χ1v) is 9.66. The number of para-hydroxylation sites is 1. The van der Waals surface area contributed by atoms with Gasteiger partial charge in [-0.1, -0.05) is 57.6 Å². The van der Waals surface area contributed by atoms with Gasteiger partial charge in [-0.2, -0.15) is 9.50 Å². The van der Waals surface area contributed by atoms with Crippen LogP contribution in [0.4, 0.5) is 0 Å². The Labute approximate surface area is 161 Å². The summed E-state index contributed by atoms with van der Waals surface area (Å²) in [5.41, 5.74) is 1.54. The number of hydrogen-bond donors (Lipinski definition) is 0. The third-order valence-electron chi connectivity index (χ3n) is 3.80. The van der Waals surface area contributed by atoms with Gasteiger partial charge in [0.2, 0.25) is 4.96 Å². The molecule has 0 saturated heterocycles. The molecule has 0 aliphatic carbocycles. The van der Waals surface area contributed by atoms with Crippen LogP contribution in [0.5, 0.6) is 5.75 Å². The van der Waals surface area contributed by atoms with Gasteiger partial charge in [0.1, 0.15) is 5.75 Å². The maximum Gasteiger partial charge on any atom is 0.291 e. The zero-order chi connectivity index (χ0) is 18.1. The monoisotopic (exact) mass is 427 g/mol. The molecule has 0 fully saturated rings. The van der Waals surface area contributed by atoms with Crippen LogP contribution in [0.1, 0.15) is 12.5 Å². The van der Waals surface area contributed by atoms with E-state index in [9.17, 15) is 4.79 Å². The lowest BCUT2D eigenvalue weighted by Gasteiger charge is -2.05. The van der Waals surface area contributed by atoms with Crippen LogP contribution in [0.2, 0.25) is 0 Å². The Hall–Kier alpha value is -2.51. The number of ether oxygens (including phenoxy) is 1. The second-order valence-corrected chi connectivity index (χ2v) is 7.36. The van der Waals surface area contributed by atoms with Gasteiger partial charge in [-0.05, 0) is 31.2 Å². The number of benzene rings is 2. The average molecular weight is 428 g/mol. The molecule has 0 atom stereocenters. The molecule has 0 amide bonds. The van der Waals surface area contributed by atoms with E-state index in [2.05, 4.69) is 26.0 Å². The molecule has 0 bridgehead atoms. The molecule has 0 saturated carbocycles. The van der Waals surface area contributed by atoms with Gasteiger partial charge in [-0.25, -0.2) is 0 Å². The van der Waals surface area contributed by atoms with E-state index < -0.39 is 0 Å². The molecule has 2 aromatic heterocycles. The van der Waals surface area contributed by atoms with Crippen LogP contribution < -0.4 is 14.8 Å². The van der Waals surface area contributed by atoms with Crippen LogP contribution in [0.3, 0.4) is 0 Å². The van der Waals surface area contributed by atoms with E-state index >= 15 is 0 Å². The minimum atomic E-state index is -0.179. The Morgan fingerprint density at radius 3 is 2.73 bits per heavy atom. The van der Waals surface area contributed by atoms with Crippen molar-refractivity contribution in [3.8, 4) is 17.1 Å². The normalized spacial score (nSPS) is 12.0. The van der Waals surface area contributed by atoms with Crippen LogP contribution in [-0.4, -0.2) is 21.2 Å². The summed E-state index contributed by atoms with van der Waals surface area (Å²) in [7, 11) is 0. The molecular weight excluding hydrogens is 414 g/mol. The van der Waals surface area contributed by atoms with Crippen molar-refractivity contribution >= 4 is 38.3 Å². The van der Waals surface area contributed by atoms with Gasteiger partial charge in [0.15, 0.2) is 5.82 Å². The predicted octanol–water partition coefficient (Wildman–Crippen LogP) is 3.53. The first-order chi connectivity index (χ1) is 12.7. The fourth-order valence-corrected chi connectivity index (χ4v) is 3.98. The second kappa shape index (κ2) is 7.01. The van der Waals surface area contributed by atoms with Gasteiger partial charge in [-0.3, -0.25) is 4.79 Å². The van der Waals surface area contributed by atoms with E-state index in [1.165, 1.54) is 15.9 Å². The first-order valence-electron chi connectivity index (χ1n) is 8.05. The maximum atomic E-state index is 12.7. The molecule has 4 aromatic rings. The minimum Gasteiger partial charge on any atom is -0.493 e. The minimum absolute atomic E-state index is 0.179. The van der Waals surface area contributed by atoms with E-state index in [1.54, 1.807) is 0 Å². The number of aromatic nitrogens is 3. The zero-order valence-corrected chi connectivity index (χ0v) is 16.3. The Kier molecular flexibility index (Phi) is 4.57. The van der Waals surface area contributed by atoms with Crippen molar-refractivity contribution < 1.29 is 4.74 Å². The summed E-state index contributed by atoms with van der Waals surface area (Å²) in [6, 6.07) is 15.3. The van der Waals surface area contributed by atoms with Crippen molar-refractivity contribution in [2.75, 3.05) is 6.61 Å². The van der Waals surface area contributed by atoms with E-state index in [0.717, 1.165) is 21.3 Å². The highest BCUT2D eigenvalue weighted by molar-refractivity contribution is 9.10. The van der Waals surface area contributed by atoms with E-state index in [0.29, 0.717) is 21.9 Å². The van der Waals surface area contributed by atoms with Gasteiger partial charge in [0.25, 0.3) is 5.56 Å². The fraction of sp³-hybridized carbons (Fsp3) is 0.105. The number of fused-ring (bicyclic) bond motifs is 1. The van der Waals surface area contributed by atoms with Crippen LogP contribution in [0.25, 0.3) is 22.4 Å². The Morgan fingerprint density at radius 1 is 1.19 bits per heavy atom. The smallest absolute Gasteiger partial charge is 0.291 e. The zero-order valence-electron chi connectivity index (χ0n) is 13.8. The third-order valence-corrected chi connectivity index (χ3v) is 5.45. The molecule has 0 spiro atoms. The highest BCUT2D eigenvalue weighted by Crippen LogP contribution is 2.25. The molecular formula is C19H14BrN3O2S. The van der Waals surface area contributed by atoms with Crippen LogP contribution in [-0.2, 0) is 0 Å². The lowest BCUT2D eigenvalue weighted by molar-refractivity contribution is 0.339. The molecule has 130 valence electrons. The number of nitrogens with zero attached hydrogens (tertiary/aromatic N) is 3. The lowest BCUT2D eigenvalue weighted by atomic mass is 10.2. The number of rotatable bonds is 4. The standard InChI is InChI=1S/C19H14BrN3O2S/c1-2-25-15-10-6-3-7-12(15)11-16-18(24)23-19(26-16)21-17(22-23)13-8-4-5-9-14(13)20/h3-11H,2H2,1H3. The molecule has 5 nitrogen and oxygen atoms in total. The Morgan fingerprint density at radius 2 is 1.96 bits per heavy atom. The number of hydrogen-bond acceptors (Lipinski definition) is 5. The fourth-order valence-electron chi connectivity index (χ4n) is 2.62. The number of thiazole rings is 1. The summed E-state index contributed by atoms with van der Waals surface area (Å²) in [5.74, 6) is 1.28. The van der Waals surface area contributed by atoms with Gasteiger partial charge < -0.3 is 4.74 Å². The average Bonchev–Trinajstić information content (AvgIpc) is 3.17. The molecule has 4 rings (SSSR count). The Balaban J connectivity index is 1.82. The van der Waals surface area contributed by atoms with Crippen LogP contribution >= 0.6 is 27.3 Å². The molecule has 2 heterocycles. The van der Waals surface area contributed by atoms with Gasteiger partial charge in [0, 0.05) is 15.6 Å². The topological polar surface area (TPSA) is 56.5 Å². The molecule has 0 aliphatic heterocycles. The lowest BCUT2D eigenvalue weighted by Crippen LogP contribution is -2.23. The molecule has 7 heteroatoms. The molecule has 0 unspecified atom stereocenters. The van der Waals surface area contributed by atoms with Crippen molar-refractivity contribution in [2.24, 2.45) is 0 Å². The van der Waals surface area contributed by atoms with E-state index in [1.807, 2.05) is 61.5 Å². The SMILES string of the molecule is CCOc1ccccc1C=c1sc2nc(-c3ccccc3Br)nn2c1=O. The number of halogens is 1. The maximum absolute atomic E-state index is 12.7. The van der Waals surface area contributed by atoms with Crippen molar-refractivity contribution in [1.82, 2.24) is 14.6 Å². The summed E-state index contributed by atoms with van der Waals surface area (Å²) in [6.45, 7) is 2.50. The van der Waals surface area contributed by atoms with Crippen LogP contribution in [0, 0.1) is 0 Å². The van der Waals surface area contributed by atoms with Crippen molar-refractivity contribution in [3.63, 3.8) is 0 Å². The quantitative estimate of drug-likeness (QED) is 0.499. The summed E-state index contributed by atoms with van der Waals surface area (Å²) in [4.78, 5) is 17.8. The largest absolute Gasteiger partial charge is 0.493 e. The molecule has 0 aliphatic rings. The summed E-state index contributed by atoms with van der Waals surface area (Å²) < 4.78 is 8.45. The van der Waals surface area contributed by atoms with E-state index in [-0.39, 0.29) is 5.56 Å². The second-order valence-electron chi connectivity index (χ2n) is 5.50. The summed E-state index contributed by atoms with van der Waals surface area (Å²) in [6.07, 6.45) is 1.83. The highest BCUT2D eigenvalue weighted by atomic mass is 79.9. The van der Waals surface area contributed by atoms with Crippen molar-refractivity contribution in [2.45, 2.75) is 6.92 Å². The van der Waals surface area contributed by atoms with Gasteiger partial charge in [0.05, 0.1) is 11.1 Å².